The van der Waals surface area contributed by atoms with E-state index in [0.717, 1.165) is 11.1 Å². The molecule has 12 atom stereocenters. The standard InChI is InChI=1S/C33H44O9/c1-8-16(2)29(36)42-28-26-27-31(5,15-40-26)24(41-18(4)34)14-23(35)32(27,6)22-10-12-38-21-13-20(19-9-11-39-30(19)37)17(3)25(21)33(22,28)7/h8-9,11,19-24,26-28,35H,10,12-15H2,1-7H3/b16-8+/t19-,20+,21-,22+,23-,24+,26+,27-,28+,31+,32-,33+/m0/s1. The van der Waals surface area contributed by atoms with Gasteiger partial charge in [0.2, 0.25) is 0 Å². The van der Waals surface area contributed by atoms with Gasteiger partial charge in [0.25, 0.3) is 0 Å². The largest absolute Gasteiger partial charge is 0.462 e. The molecule has 0 unspecified atom stereocenters. The van der Waals surface area contributed by atoms with E-state index in [1.54, 1.807) is 19.9 Å². The van der Waals surface area contributed by atoms with Crippen molar-refractivity contribution in [3.63, 3.8) is 0 Å². The van der Waals surface area contributed by atoms with Gasteiger partial charge in [0, 0.05) is 47.7 Å². The third-order valence-corrected chi connectivity index (χ3v) is 12.1. The molecule has 0 aromatic carbocycles. The summed E-state index contributed by atoms with van der Waals surface area (Å²) in [6.07, 6.45) is 3.79. The van der Waals surface area contributed by atoms with E-state index in [-0.39, 0.29) is 29.8 Å². The van der Waals surface area contributed by atoms with Gasteiger partial charge in [0.1, 0.15) is 12.2 Å². The summed E-state index contributed by atoms with van der Waals surface area (Å²) in [6, 6.07) is 0. The second-order valence-electron chi connectivity index (χ2n) is 14.0. The molecule has 0 aromatic heterocycles. The van der Waals surface area contributed by atoms with Gasteiger partial charge in [0.05, 0.1) is 37.1 Å². The number of esters is 3. The van der Waals surface area contributed by atoms with Gasteiger partial charge in [-0.05, 0) is 57.1 Å². The van der Waals surface area contributed by atoms with E-state index in [0.29, 0.717) is 38.0 Å². The number of carbonyl (C=O) groups is 3. The topological polar surface area (TPSA) is 118 Å². The number of aliphatic hydroxyl groups is 1. The van der Waals surface area contributed by atoms with Crippen molar-refractivity contribution in [2.45, 2.75) is 98.2 Å². The smallest absolute Gasteiger partial charge is 0.333 e. The number of hydrogen-bond acceptors (Lipinski definition) is 9. The van der Waals surface area contributed by atoms with E-state index in [9.17, 15) is 19.5 Å². The molecule has 42 heavy (non-hydrogen) atoms. The van der Waals surface area contributed by atoms with E-state index in [1.807, 2.05) is 6.08 Å². The lowest BCUT2D eigenvalue weighted by Gasteiger charge is -2.66. The third kappa shape index (κ3) is 3.88. The molecule has 0 spiro atoms. The summed E-state index contributed by atoms with van der Waals surface area (Å²) in [7, 11) is 0. The highest BCUT2D eigenvalue weighted by atomic mass is 16.6. The minimum absolute atomic E-state index is 0.106. The van der Waals surface area contributed by atoms with Crippen LogP contribution >= 0.6 is 0 Å². The Morgan fingerprint density at radius 3 is 2.50 bits per heavy atom. The van der Waals surface area contributed by atoms with Crippen LogP contribution in [0, 0.1) is 39.9 Å². The van der Waals surface area contributed by atoms with E-state index >= 15 is 0 Å². The van der Waals surface area contributed by atoms with Gasteiger partial charge < -0.3 is 28.8 Å². The fraction of sp³-hybridized carbons (Fsp3) is 0.727. The second kappa shape index (κ2) is 10.0. The summed E-state index contributed by atoms with van der Waals surface area (Å²) in [6.45, 7) is 14.2. The maximum Gasteiger partial charge on any atom is 0.333 e. The van der Waals surface area contributed by atoms with Gasteiger partial charge in [-0.1, -0.05) is 32.4 Å². The molecule has 9 nitrogen and oxygen atoms in total. The van der Waals surface area contributed by atoms with Crippen LogP contribution < -0.4 is 0 Å². The van der Waals surface area contributed by atoms with Crippen LogP contribution in [0.4, 0.5) is 0 Å². The van der Waals surface area contributed by atoms with E-state index in [4.69, 9.17) is 23.7 Å². The molecule has 0 aromatic rings. The Hall–Kier alpha value is -2.49. The van der Waals surface area contributed by atoms with Crippen LogP contribution in [0.3, 0.4) is 0 Å². The Kier molecular flexibility index (Phi) is 7.06. The fourth-order valence-electron chi connectivity index (χ4n) is 10.2. The molecular formula is C33H44O9. The first kappa shape index (κ1) is 29.6. The molecule has 6 aliphatic rings. The van der Waals surface area contributed by atoms with Crippen molar-refractivity contribution in [3.05, 3.63) is 35.1 Å². The first-order valence-corrected chi connectivity index (χ1v) is 15.3. The number of carbonyl (C=O) groups excluding carboxylic acids is 3. The lowest BCUT2D eigenvalue weighted by atomic mass is 9.39. The van der Waals surface area contributed by atoms with Crippen molar-refractivity contribution < 1.29 is 43.2 Å². The maximum absolute atomic E-state index is 13.5. The summed E-state index contributed by atoms with van der Waals surface area (Å²) in [5, 5.41) is 12.0. The molecule has 9 heteroatoms. The van der Waals surface area contributed by atoms with Crippen LogP contribution in [0.25, 0.3) is 0 Å². The average Bonchev–Trinajstić information content (AvgIpc) is 3.58. The molecule has 0 radical (unpaired) electrons. The van der Waals surface area contributed by atoms with Crippen LogP contribution in [-0.4, -0.2) is 66.7 Å². The molecular weight excluding hydrogens is 540 g/mol. The van der Waals surface area contributed by atoms with Crippen LogP contribution in [0.1, 0.15) is 67.7 Å². The van der Waals surface area contributed by atoms with Crippen LogP contribution in [0.2, 0.25) is 0 Å². The first-order valence-electron chi connectivity index (χ1n) is 15.3. The molecule has 0 amide bonds. The van der Waals surface area contributed by atoms with Crippen molar-refractivity contribution in [3.8, 4) is 0 Å². The Morgan fingerprint density at radius 1 is 1.12 bits per heavy atom. The number of rotatable bonds is 4. The van der Waals surface area contributed by atoms with Crippen molar-refractivity contribution in [1.82, 2.24) is 0 Å². The summed E-state index contributed by atoms with van der Waals surface area (Å²) < 4.78 is 30.8. The molecule has 2 saturated heterocycles. The number of fused-ring (bicyclic) bond motifs is 4. The van der Waals surface area contributed by atoms with Crippen molar-refractivity contribution in [1.29, 1.82) is 0 Å². The zero-order valence-electron chi connectivity index (χ0n) is 25.7. The van der Waals surface area contributed by atoms with Gasteiger partial charge in [-0.2, -0.15) is 0 Å². The molecule has 2 saturated carbocycles. The third-order valence-electron chi connectivity index (χ3n) is 12.1. The molecule has 3 heterocycles. The Bertz CT molecular complexity index is 1280. The summed E-state index contributed by atoms with van der Waals surface area (Å²) in [5.41, 5.74) is 0.601. The lowest BCUT2D eigenvalue weighted by Crippen LogP contribution is -2.71. The predicted molar refractivity (Wildman–Crippen MR) is 150 cm³/mol. The number of allylic oxidation sites excluding steroid dienone is 2. The maximum atomic E-state index is 13.5. The summed E-state index contributed by atoms with van der Waals surface area (Å²) in [5.74, 6) is -1.97. The molecule has 3 aliphatic carbocycles. The van der Waals surface area contributed by atoms with Crippen molar-refractivity contribution in [2.75, 3.05) is 13.2 Å². The molecule has 0 bridgehead atoms. The molecule has 1 N–H and O–H groups in total. The lowest BCUT2D eigenvalue weighted by molar-refractivity contribution is -0.253. The van der Waals surface area contributed by atoms with E-state index < -0.39 is 58.5 Å². The van der Waals surface area contributed by atoms with Crippen LogP contribution in [0.5, 0.6) is 0 Å². The zero-order valence-corrected chi connectivity index (χ0v) is 25.7. The predicted octanol–water partition coefficient (Wildman–Crippen LogP) is 4.04. The molecule has 230 valence electrons. The Morgan fingerprint density at radius 2 is 1.86 bits per heavy atom. The fourth-order valence-corrected chi connectivity index (χ4v) is 10.2. The highest BCUT2D eigenvalue weighted by molar-refractivity contribution is 5.88. The highest BCUT2D eigenvalue weighted by Crippen LogP contribution is 2.72. The SMILES string of the molecule is C/C=C(\C)C(=O)O[C@@H]1[C@@H]2OC[C@]3(C)[C@H](OC(C)=O)C[C@H](O)[C@@](C)([C@@H]23)[C@H]2CCO[C@H]3C[C@@H]([C@@H]4C=COC4=O)C(C)=C3[C@]12C. The van der Waals surface area contributed by atoms with Gasteiger partial charge in [0.15, 0.2) is 0 Å². The van der Waals surface area contributed by atoms with Crippen LogP contribution in [-0.2, 0) is 38.1 Å². The highest BCUT2D eigenvalue weighted by Gasteiger charge is 2.76. The van der Waals surface area contributed by atoms with Gasteiger partial charge >= 0.3 is 17.9 Å². The quantitative estimate of drug-likeness (QED) is 0.226. The van der Waals surface area contributed by atoms with Gasteiger partial charge in [-0.25, -0.2) is 4.79 Å². The molecule has 6 rings (SSSR count). The normalized spacial score (nSPS) is 47.8. The average molecular weight is 585 g/mol. The summed E-state index contributed by atoms with van der Waals surface area (Å²) in [4.78, 5) is 38.4. The number of hydrogen-bond donors (Lipinski definition) is 1. The monoisotopic (exact) mass is 584 g/mol. The minimum Gasteiger partial charge on any atom is -0.462 e. The van der Waals surface area contributed by atoms with Gasteiger partial charge in [-0.15, -0.1) is 0 Å². The minimum atomic E-state index is -0.787. The Labute approximate surface area is 247 Å². The summed E-state index contributed by atoms with van der Waals surface area (Å²) >= 11 is 0. The zero-order chi connectivity index (χ0) is 30.4. The molecule has 4 fully saturated rings. The van der Waals surface area contributed by atoms with Gasteiger partial charge in [-0.3, -0.25) is 9.59 Å². The molecule has 3 aliphatic heterocycles. The Balaban J connectivity index is 1.54. The first-order chi connectivity index (χ1) is 19.8. The number of aliphatic hydroxyl groups excluding tert-OH is 1. The van der Waals surface area contributed by atoms with Crippen molar-refractivity contribution >= 4 is 17.9 Å². The number of ether oxygens (including phenoxy) is 5. The van der Waals surface area contributed by atoms with Crippen molar-refractivity contribution in [2.24, 2.45) is 39.9 Å². The number of cyclic esters (lactones) is 1. The van der Waals surface area contributed by atoms with Crippen LogP contribution in [0.15, 0.2) is 35.1 Å². The van der Waals surface area contributed by atoms with E-state index in [2.05, 4.69) is 27.7 Å². The second-order valence-corrected chi connectivity index (χ2v) is 14.0. The van der Waals surface area contributed by atoms with E-state index in [1.165, 1.54) is 13.2 Å².